The average Bonchev–Trinajstić information content (AvgIpc) is 2.38. The molecule has 0 unspecified atom stereocenters. The molecular formula is C14H14N2. The van der Waals surface area contributed by atoms with Crippen LogP contribution in [0, 0.1) is 0 Å². The summed E-state index contributed by atoms with van der Waals surface area (Å²) in [6.45, 7) is 2.12. The summed E-state index contributed by atoms with van der Waals surface area (Å²) in [6, 6.07) is 10.7. The monoisotopic (exact) mass is 210 g/mol. The van der Waals surface area contributed by atoms with Gasteiger partial charge in [-0.15, -0.1) is 5.10 Å². The van der Waals surface area contributed by atoms with E-state index < -0.39 is 0 Å². The van der Waals surface area contributed by atoms with Crippen molar-refractivity contribution < 1.29 is 0 Å². The smallest absolute Gasteiger partial charge is 0.0964 e. The highest BCUT2D eigenvalue weighted by molar-refractivity contribution is 5.69. The summed E-state index contributed by atoms with van der Waals surface area (Å²) in [7, 11) is 0. The fraction of sp³-hybridized carbons (Fsp3) is 0.286. The molecule has 80 valence electrons. The fourth-order valence-electron chi connectivity index (χ4n) is 2.31. The summed E-state index contributed by atoms with van der Waals surface area (Å²) < 4.78 is 0. The molecule has 2 aromatic rings. The minimum absolute atomic E-state index is 0.960. The Morgan fingerprint density at radius 1 is 1.06 bits per heavy atom. The fourth-order valence-corrected chi connectivity index (χ4v) is 2.31. The molecule has 0 amide bonds. The first-order valence-corrected chi connectivity index (χ1v) is 5.82. The van der Waals surface area contributed by atoms with E-state index in [1.165, 1.54) is 16.7 Å². The Hall–Kier alpha value is -1.70. The van der Waals surface area contributed by atoms with Crippen molar-refractivity contribution in [2.45, 2.75) is 26.2 Å². The highest BCUT2D eigenvalue weighted by atomic mass is 15.1. The van der Waals surface area contributed by atoms with Crippen LogP contribution in [0.5, 0.6) is 0 Å². The predicted molar refractivity (Wildman–Crippen MR) is 64.3 cm³/mol. The molecule has 2 nitrogen and oxygen atoms in total. The molecule has 2 heteroatoms. The molecule has 0 atom stereocenters. The first-order valence-electron chi connectivity index (χ1n) is 5.82. The summed E-state index contributed by atoms with van der Waals surface area (Å²) in [6.07, 6.45) is 3.18. The Bertz CT molecular complexity index is 532. The average molecular weight is 210 g/mol. The molecule has 16 heavy (non-hydrogen) atoms. The van der Waals surface area contributed by atoms with Crippen molar-refractivity contribution in [2.75, 3.05) is 0 Å². The summed E-state index contributed by atoms with van der Waals surface area (Å²) >= 11 is 0. The van der Waals surface area contributed by atoms with Gasteiger partial charge >= 0.3 is 0 Å². The number of rotatable bonds is 1. The zero-order valence-electron chi connectivity index (χ0n) is 9.40. The van der Waals surface area contributed by atoms with Crippen LogP contribution in [0.3, 0.4) is 0 Å². The van der Waals surface area contributed by atoms with Crippen LogP contribution in [0.15, 0.2) is 30.3 Å². The topological polar surface area (TPSA) is 25.8 Å². The molecule has 1 aliphatic carbocycles. The van der Waals surface area contributed by atoms with E-state index in [4.69, 9.17) is 0 Å². The lowest BCUT2D eigenvalue weighted by molar-refractivity contribution is 0.858. The van der Waals surface area contributed by atoms with E-state index >= 15 is 0 Å². The van der Waals surface area contributed by atoms with Gasteiger partial charge in [-0.1, -0.05) is 31.2 Å². The van der Waals surface area contributed by atoms with Gasteiger partial charge in [0.1, 0.15) is 0 Å². The molecule has 0 saturated heterocycles. The van der Waals surface area contributed by atoms with Crippen LogP contribution >= 0.6 is 0 Å². The van der Waals surface area contributed by atoms with Crippen LogP contribution in [-0.2, 0) is 19.3 Å². The summed E-state index contributed by atoms with van der Waals surface area (Å²) in [5.41, 5.74) is 6.19. The van der Waals surface area contributed by atoms with Crippen molar-refractivity contribution in [1.82, 2.24) is 10.2 Å². The van der Waals surface area contributed by atoms with Crippen molar-refractivity contribution in [3.05, 3.63) is 47.2 Å². The molecule has 1 aromatic carbocycles. The number of aryl methyl sites for hydroxylation is 3. The third-order valence-corrected chi connectivity index (χ3v) is 3.22. The Labute approximate surface area is 95.4 Å². The molecule has 0 aliphatic heterocycles. The molecule has 0 bridgehead atoms. The van der Waals surface area contributed by atoms with Gasteiger partial charge in [-0.2, -0.15) is 5.10 Å². The third kappa shape index (κ3) is 1.42. The van der Waals surface area contributed by atoms with Crippen molar-refractivity contribution in [3.63, 3.8) is 0 Å². The number of benzene rings is 1. The minimum atomic E-state index is 0.960. The van der Waals surface area contributed by atoms with Crippen LogP contribution in [0.1, 0.15) is 23.7 Å². The van der Waals surface area contributed by atoms with E-state index in [9.17, 15) is 0 Å². The normalized spacial score (nSPS) is 13.1. The van der Waals surface area contributed by atoms with Gasteiger partial charge in [-0.05, 0) is 36.5 Å². The SMILES string of the molecule is CCc1cc2c(nn1)-c1ccccc1CC2. The lowest BCUT2D eigenvalue weighted by Crippen LogP contribution is -2.08. The second-order valence-electron chi connectivity index (χ2n) is 4.22. The third-order valence-electron chi connectivity index (χ3n) is 3.22. The molecular weight excluding hydrogens is 196 g/mol. The zero-order valence-corrected chi connectivity index (χ0v) is 9.40. The first kappa shape index (κ1) is 9.52. The van der Waals surface area contributed by atoms with Gasteiger partial charge in [0.15, 0.2) is 0 Å². The van der Waals surface area contributed by atoms with Gasteiger partial charge in [0.2, 0.25) is 0 Å². The van der Waals surface area contributed by atoms with Gasteiger partial charge in [0.05, 0.1) is 11.4 Å². The van der Waals surface area contributed by atoms with E-state index in [0.717, 1.165) is 30.7 Å². The lowest BCUT2D eigenvalue weighted by atomic mass is 9.89. The Morgan fingerprint density at radius 3 is 2.75 bits per heavy atom. The minimum Gasteiger partial charge on any atom is -0.155 e. The van der Waals surface area contributed by atoms with E-state index in [1.54, 1.807) is 0 Å². The predicted octanol–water partition coefficient (Wildman–Crippen LogP) is 2.80. The maximum atomic E-state index is 4.38. The molecule has 0 N–H and O–H groups in total. The lowest BCUT2D eigenvalue weighted by Gasteiger charge is -2.18. The maximum absolute atomic E-state index is 4.38. The van der Waals surface area contributed by atoms with E-state index in [0.29, 0.717) is 0 Å². The van der Waals surface area contributed by atoms with Crippen LogP contribution < -0.4 is 0 Å². The molecule has 1 heterocycles. The molecule has 0 radical (unpaired) electrons. The van der Waals surface area contributed by atoms with Gasteiger partial charge in [0, 0.05) is 5.56 Å². The Kier molecular flexibility index (Phi) is 2.21. The van der Waals surface area contributed by atoms with Gasteiger partial charge in [0.25, 0.3) is 0 Å². The number of fused-ring (bicyclic) bond motifs is 3. The van der Waals surface area contributed by atoms with Crippen LogP contribution in [0.25, 0.3) is 11.3 Å². The highest BCUT2D eigenvalue weighted by Crippen LogP contribution is 2.31. The molecule has 0 fully saturated rings. The van der Waals surface area contributed by atoms with Gasteiger partial charge in [-0.25, -0.2) is 0 Å². The maximum Gasteiger partial charge on any atom is 0.0964 e. The van der Waals surface area contributed by atoms with Crippen molar-refractivity contribution >= 4 is 0 Å². The second-order valence-corrected chi connectivity index (χ2v) is 4.22. The zero-order chi connectivity index (χ0) is 11.0. The Morgan fingerprint density at radius 2 is 1.88 bits per heavy atom. The molecule has 1 aliphatic rings. The van der Waals surface area contributed by atoms with Crippen molar-refractivity contribution in [1.29, 1.82) is 0 Å². The van der Waals surface area contributed by atoms with Crippen molar-refractivity contribution in [2.24, 2.45) is 0 Å². The van der Waals surface area contributed by atoms with E-state index in [2.05, 4.69) is 47.5 Å². The number of nitrogens with zero attached hydrogens (tertiary/aromatic N) is 2. The summed E-state index contributed by atoms with van der Waals surface area (Å²) in [5.74, 6) is 0. The van der Waals surface area contributed by atoms with Crippen LogP contribution in [-0.4, -0.2) is 10.2 Å². The van der Waals surface area contributed by atoms with Crippen molar-refractivity contribution in [3.8, 4) is 11.3 Å². The number of aromatic nitrogens is 2. The van der Waals surface area contributed by atoms with E-state index in [-0.39, 0.29) is 0 Å². The standard InChI is InChI=1S/C14H14N2/c1-2-12-9-11-8-7-10-5-3-4-6-13(10)14(11)16-15-12/h3-6,9H,2,7-8H2,1H3. The quantitative estimate of drug-likeness (QED) is 0.723. The number of hydrogen-bond acceptors (Lipinski definition) is 2. The molecule has 1 aromatic heterocycles. The summed E-state index contributed by atoms with van der Waals surface area (Å²) in [5, 5.41) is 8.64. The van der Waals surface area contributed by atoms with E-state index in [1.807, 2.05) is 0 Å². The van der Waals surface area contributed by atoms with Crippen LogP contribution in [0.2, 0.25) is 0 Å². The molecule has 0 spiro atoms. The highest BCUT2D eigenvalue weighted by Gasteiger charge is 2.17. The summed E-state index contributed by atoms with van der Waals surface area (Å²) in [4.78, 5) is 0. The molecule has 0 saturated carbocycles. The second kappa shape index (κ2) is 3.71. The van der Waals surface area contributed by atoms with Crippen LogP contribution in [0.4, 0.5) is 0 Å². The largest absolute Gasteiger partial charge is 0.155 e. The Balaban J connectivity index is 2.18. The van der Waals surface area contributed by atoms with Gasteiger partial charge < -0.3 is 0 Å². The van der Waals surface area contributed by atoms with Gasteiger partial charge in [-0.3, -0.25) is 0 Å². The first-order chi connectivity index (χ1) is 7.88. The molecule has 3 rings (SSSR count). The number of hydrogen-bond donors (Lipinski definition) is 0.